The maximum atomic E-state index is 11.4. The van der Waals surface area contributed by atoms with E-state index in [-0.39, 0.29) is 5.91 Å². The van der Waals surface area contributed by atoms with Crippen LogP contribution in [0.4, 0.5) is 0 Å². The highest BCUT2D eigenvalue weighted by molar-refractivity contribution is 5.75. The van der Waals surface area contributed by atoms with Crippen molar-refractivity contribution in [3.8, 4) is 0 Å². The van der Waals surface area contributed by atoms with E-state index in [4.69, 9.17) is 0 Å². The van der Waals surface area contributed by atoms with Crippen LogP contribution in [0.25, 0.3) is 0 Å². The van der Waals surface area contributed by atoms with Gasteiger partial charge in [0.25, 0.3) is 0 Å². The Hall–Kier alpha value is -0.610. The molecule has 4 heteroatoms. The van der Waals surface area contributed by atoms with E-state index < -0.39 is 0 Å². The lowest BCUT2D eigenvalue weighted by Gasteiger charge is -2.11. The molecular formula is C12H25N3O. The van der Waals surface area contributed by atoms with Crippen LogP contribution < -0.4 is 10.6 Å². The van der Waals surface area contributed by atoms with Gasteiger partial charge in [0, 0.05) is 19.5 Å². The number of rotatable bonds is 7. The molecule has 16 heavy (non-hydrogen) atoms. The van der Waals surface area contributed by atoms with E-state index >= 15 is 0 Å². The quantitative estimate of drug-likeness (QED) is 0.621. The molecule has 1 aliphatic heterocycles. The van der Waals surface area contributed by atoms with E-state index in [1.165, 1.54) is 19.5 Å². The molecule has 0 aliphatic carbocycles. The zero-order valence-electron chi connectivity index (χ0n) is 10.6. The van der Waals surface area contributed by atoms with Gasteiger partial charge in [-0.2, -0.15) is 0 Å². The van der Waals surface area contributed by atoms with Gasteiger partial charge in [-0.1, -0.05) is 0 Å². The minimum absolute atomic E-state index is 0.196. The average Bonchev–Trinajstić information content (AvgIpc) is 2.65. The Balaban J connectivity index is 1.96. The lowest BCUT2D eigenvalue weighted by Crippen LogP contribution is -2.27. The summed E-state index contributed by atoms with van der Waals surface area (Å²) >= 11 is 0. The Morgan fingerprint density at radius 2 is 2.25 bits per heavy atom. The van der Waals surface area contributed by atoms with Crippen LogP contribution in [0.15, 0.2) is 0 Å². The van der Waals surface area contributed by atoms with Crippen molar-refractivity contribution in [2.75, 3.05) is 40.3 Å². The SMILES string of the molecule is CNCCCC(=O)NCCC1CCN(C)C1. The van der Waals surface area contributed by atoms with Crippen LogP contribution in [0, 0.1) is 5.92 Å². The molecule has 2 N–H and O–H groups in total. The molecule has 1 unspecified atom stereocenters. The van der Waals surface area contributed by atoms with Gasteiger partial charge in [0.05, 0.1) is 0 Å². The Morgan fingerprint density at radius 1 is 1.44 bits per heavy atom. The summed E-state index contributed by atoms with van der Waals surface area (Å²) in [5.41, 5.74) is 0. The molecule has 1 aliphatic rings. The number of nitrogens with one attached hydrogen (secondary N) is 2. The lowest BCUT2D eigenvalue weighted by molar-refractivity contribution is -0.121. The molecule has 0 spiro atoms. The summed E-state index contributed by atoms with van der Waals surface area (Å²) in [4.78, 5) is 13.8. The van der Waals surface area contributed by atoms with Gasteiger partial charge in [0.1, 0.15) is 0 Å². The topological polar surface area (TPSA) is 44.4 Å². The lowest BCUT2D eigenvalue weighted by atomic mass is 10.1. The third-order valence-corrected chi connectivity index (χ3v) is 3.19. The van der Waals surface area contributed by atoms with Crippen LogP contribution in [-0.2, 0) is 4.79 Å². The maximum Gasteiger partial charge on any atom is 0.220 e. The van der Waals surface area contributed by atoms with Crippen LogP contribution in [0.5, 0.6) is 0 Å². The summed E-state index contributed by atoms with van der Waals surface area (Å²) in [6, 6.07) is 0. The molecule has 1 rings (SSSR count). The van der Waals surface area contributed by atoms with E-state index in [2.05, 4.69) is 22.6 Å². The van der Waals surface area contributed by atoms with Crippen molar-refractivity contribution in [2.45, 2.75) is 25.7 Å². The van der Waals surface area contributed by atoms with Crippen molar-refractivity contribution >= 4 is 5.91 Å². The number of amides is 1. The molecule has 0 aromatic rings. The van der Waals surface area contributed by atoms with Crippen molar-refractivity contribution in [2.24, 2.45) is 5.92 Å². The van der Waals surface area contributed by atoms with Crippen molar-refractivity contribution in [3.63, 3.8) is 0 Å². The van der Waals surface area contributed by atoms with Crippen molar-refractivity contribution < 1.29 is 4.79 Å². The van der Waals surface area contributed by atoms with Crippen LogP contribution in [0.3, 0.4) is 0 Å². The van der Waals surface area contributed by atoms with E-state index in [9.17, 15) is 4.79 Å². The van der Waals surface area contributed by atoms with Crippen LogP contribution in [0.1, 0.15) is 25.7 Å². The first kappa shape index (κ1) is 13.5. The Morgan fingerprint density at radius 3 is 2.88 bits per heavy atom. The van der Waals surface area contributed by atoms with Gasteiger partial charge in [-0.05, 0) is 52.4 Å². The van der Waals surface area contributed by atoms with Crippen molar-refractivity contribution in [1.29, 1.82) is 0 Å². The second-order valence-corrected chi connectivity index (χ2v) is 4.76. The molecule has 1 fully saturated rings. The van der Waals surface area contributed by atoms with Crippen molar-refractivity contribution in [1.82, 2.24) is 15.5 Å². The van der Waals surface area contributed by atoms with Crippen molar-refractivity contribution in [3.05, 3.63) is 0 Å². The van der Waals surface area contributed by atoms with E-state index in [1.807, 2.05) is 7.05 Å². The molecule has 0 bridgehead atoms. The molecule has 1 saturated heterocycles. The maximum absolute atomic E-state index is 11.4. The second kappa shape index (κ2) is 7.63. The van der Waals surface area contributed by atoms with Gasteiger partial charge >= 0.3 is 0 Å². The second-order valence-electron chi connectivity index (χ2n) is 4.76. The molecule has 94 valence electrons. The molecular weight excluding hydrogens is 202 g/mol. The highest BCUT2D eigenvalue weighted by Gasteiger charge is 2.18. The smallest absolute Gasteiger partial charge is 0.220 e. The predicted octanol–water partition coefficient (Wildman–Crippen LogP) is 0.444. The Kier molecular flexibility index (Phi) is 6.42. The molecule has 1 atom stereocenters. The van der Waals surface area contributed by atoms with Crippen LogP contribution in [0.2, 0.25) is 0 Å². The first-order chi connectivity index (χ1) is 7.72. The fraction of sp³-hybridized carbons (Fsp3) is 0.917. The Labute approximate surface area is 98.8 Å². The summed E-state index contributed by atoms with van der Waals surface area (Å²) in [5, 5.41) is 6.04. The zero-order valence-corrected chi connectivity index (χ0v) is 10.6. The summed E-state index contributed by atoms with van der Waals surface area (Å²) in [5.74, 6) is 0.976. The molecule has 4 nitrogen and oxygen atoms in total. The van der Waals surface area contributed by atoms with Gasteiger partial charge in [-0.25, -0.2) is 0 Å². The first-order valence-corrected chi connectivity index (χ1v) is 6.32. The largest absolute Gasteiger partial charge is 0.356 e. The molecule has 0 aromatic carbocycles. The van der Waals surface area contributed by atoms with E-state index in [1.54, 1.807) is 0 Å². The highest BCUT2D eigenvalue weighted by atomic mass is 16.1. The number of hydrogen-bond acceptors (Lipinski definition) is 3. The van der Waals surface area contributed by atoms with Gasteiger partial charge < -0.3 is 15.5 Å². The summed E-state index contributed by atoms with van der Waals surface area (Å²) < 4.78 is 0. The minimum atomic E-state index is 0.196. The molecule has 0 radical (unpaired) electrons. The predicted molar refractivity (Wildman–Crippen MR) is 66.4 cm³/mol. The summed E-state index contributed by atoms with van der Waals surface area (Å²) in [6.07, 6.45) is 3.98. The summed E-state index contributed by atoms with van der Waals surface area (Å²) in [6.45, 7) is 4.16. The fourth-order valence-electron chi connectivity index (χ4n) is 2.19. The zero-order chi connectivity index (χ0) is 11.8. The molecule has 0 aromatic heterocycles. The average molecular weight is 227 g/mol. The highest BCUT2D eigenvalue weighted by Crippen LogP contribution is 2.16. The fourth-order valence-corrected chi connectivity index (χ4v) is 2.19. The van der Waals surface area contributed by atoms with E-state index in [0.29, 0.717) is 6.42 Å². The first-order valence-electron chi connectivity index (χ1n) is 6.32. The number of carbonyl (C=O) groups excluding carboxylic acids is 1. The third kappa shape index (κ3) is 5.47. The normalized spacial score (nSPS) is 21.2. The third-order valence-electron chi connectivity index (χ3n) is 3.19. The van der Waals surface area contributed by atoms with Crippen LogP contribution in [-0.4, -0.2) is 51.1 Å². The Bertz CT molecular complexity index is 208. The van der Waals surface area contributed by atoms with Gasteiger partial charge in [0.15, 0.2) is 0 Å². The molecule has 1 heterocycles. The molecule has 1 amide bonds. The number of likely N-dealkylation sites (tertiary alicyclic amines) is 1. The number of hydrogen-bond donors (Lipinski definition) is 2. The number of nitrogens with zero attached hydrogens (tertiary/aromatic N) is 1. The van der Waals surface area contributed by atoms with E-state index in [0.717, 1.165) is 31.8 Å². The number of carbonyl (C=O) groups is 1. The van der Waals surface area contributed by atoms with Gasteiger partial charge in [-0.15, -0.1) is 0 Å². The standard InChI is InChI=1S/C12H25N3O/c1-13-7-3-4-12(16)14-8-5-11-6-9-15(2)10-11/h11,13H,3-10H2,1-2H3,(H,14,16). The van der Waals surface area contributed by atoms with Gasteiger partial charge in [-0.3, -0.25) is 4.79 Å². The van der Waals surface area contributed by atoms with Gasteiger partial charge in [0.2, 0.25) is 5.91 Å². The summed E-state index contributed by atoms with van der Waals surface area (Å²) in [7, 11) is 4.07. The van der Waals surface area contributed by atoms with Crippen LogP contribution >= 0.6 is 0 Å². The monoisotopic (exact) mass is 227 g/mol. The minimum Gasteiger partial charge on any atom is -0.356 e. The molecule has 0 saturated carbocycles.